The van der Waals surface area contributed by atoms with Gasteiger partial charge in [-0.1, -0.05) is 17.7 Å². The van der Waals surface area contributed by atoms with E-state index in [2.05, 4.69) is 16.7 Å². The van der Waals surface area contributed by atoms with E-state index < -0.39 is 10.0 Å². The zero-order valence-corrected chi connectivity index (χ0v) is 13.6. The standard InChI is InChI=1S/C14H21ClN2O3S/c1-17-6-4-11(5-7-17)9-16-21(19,20)13-3-2-12(10-18)14(15)8-13/h2-3,8,11,16,18H,4-7,9-10H2,1H3. The molecular formula is C14H21ClN2O3S. The lowest BCUT2D eigenvalue weighted by atomic mass is 9.98. The van der Waals surface area contributed by atoms with Crippen molar-refractivity contribution in [1.29, 1.82) is 0 Å². The number of hydrogen-bond acceptors (Lipinski definition) is 4. The molecule has 1 aromatic rings. The average Bonchev–Trinajstić information content (AvgIpc) is 2.46. The van der Waals surface area contributed by atoms with Crippen LogP contribution in [0.1, 0.15) is 18.4 Å². The molecule has 0 atom stereocenters. The Labute approximate surface area is 131 Å². The number of benzene rings is 1. The maximum Gasteiger partial charge on any atom is 0.240 e. The summed E-state index contributed by atoms with van der Waals surface area (Å²) >= 11 is 5.94. The Balaban J connectivity index is 2.00. The molecule has 1 fully saturated rings. The molecule has 5 nitrogen and oxygen atoms in total. The van der Waals surface area contributed by atoms with E-state index in [1.54, 1.807) is 0 Å². The van der Waals surface area contributed by atoms with Gasteiger partial charge in [0.1, 0.15) is 0 Å². The second-order valence-corrected chi connectivity index (χ2v) is 7.68. The molecule has 118 valence electrons. The fraction of sp³-hybridized carbons (Fsp3) is 0.571. The number of sulfonamides is 1. The number of rotatable bonds is 5. The van der Waals surface area contributed by atoms with E-state index in [9.17, 15) is 8.42 Å². The van der Waals surface area contributed by atoms with Gasteiger partial charge in [0.2, 0.25) is 10.0 Å². The zero-order chi connectivity index (χ0) is 15.5. The van der Waals surface area contributed by atoms with Crippen molar-refractivity contribution in [1.82, 2.24) is 9.62 Å². The maximum absolute atomic E-state index is 12.2. The van der Waals surface area contributed by atoms with Gasteiger partial charge in [0.15, 0.2) is 0 Å². The molecule has 0 bridgehead atoms. The fourth-order valence-corrected chi connectivity index (χ4v) is 3.85. The first-order chi connectivity index (χ1) is 9.92. The smallest absolute Gasteiger partial charge is 0.240 e. The largest absolute Gasteiger partial charge is 0.392 e. The molecule has 1 aliphatic heterocycles. The summed E-state index contributed by atoms with van der Waals surface area (Å²) < 4.78 is 27.2. The van der Waals surface area contributed by atoms with Gasteiger partial charge in [0.25, 0.3) is 0 Å². The second-order valence-electron chi connectivity index (χ2n) is 5.51. The molecule has 2 N–H and O–H groups in total. The van der Waals surface area contributed by atoms with Crippen molar-refractivity contribution in [3.05, 3.63) is 28.8 Å². The van der Waals surface area contributed by atoms with E-state index in [0.717, 1.165) is 25.9 Å². The van der Waals surface area contributed by atoms with Crippen molar-refractivity contribution >= 4 is 21.6 Å². The Morgan fingerprint density at radius 2 is 2.05 bits per heavy atom. The van der Waals surface area contributed by atoms with E-state index in [1.807, 2.05) is 0 Å². The number of hydrogen-bond donors (Lipinski definition) is 2. The summed E-state index contributed by atoms with van der Waals surface area (Å²) in [4.78, 5) is 2.39. The summed E-state index contributed by atoms with van der Waals surface area (Å²) in [5, 5.41) is 9.32. The Bertz CT molecular complexity index is 584. The van der Waals surface area contributed by atoms with Crippen LogP contribution in [0.2, 0.25) is 5.02 Å². The minimum atomic E-state index is -3.55. The normalized spacial score (nSPS) is 18.0. The molecular weight excluding hydrogens is 312 g/mol. The Morgan fingerprint density at radius 1 is 1.38 bits per heavy atom. The van der Waals surface area contributed by atoms with Crippen molar-refractivity contribution in [2.24, 2.45) is 5.92 Å². The highest BCUT2D eigenvalue weighted by molar-refractivity contribution is 7.89. The number of aliphatic hydroxyl groups is 1. The second kappa shape index (κ2) is 7.07. The van der Waals surface area contributed by atoms with Crippen molar-refractivity contribution in [2.45, 2.75) is 24.3 Å². The first-order valence-corrected chi connectivity index (χ1v) is 8.86. The lowest BCUT2D eigenvalue weighted by Crippen LogP contribution is -2.36. The van der Waals surface area contributed by atoms with Gasteiger partial charge >= 0.3 is 0 Å². The number of piperidine rings is 1. The summed E-state index contributed by atoms with van der Waals surface area (Å²) in [5.74, 6) is 0.378. The highest BCUT2D eigenvalue weighted by atomic mass is 35.5. The first kappa shape index (κ1) is 16.7. The minimum Gasteiger partial charge on any atom is -0.392 e. The molecule has 0 saturated carbocycles. The molecule has 2 rings (SSSR count). The molecule has 0 unspecified atom stereocenters. The summed E-state index contributed by atoms with van der Waals surface area (Å²) in [6, 6.07) is 4.38. The lowest BCUT2D eigenvalue weighted by Gasteiger charge is -2.28. The molecule has 1 saturated heterocycles. The molecule has 1 heterocycles. The van der Waals surface area contributed by atoms with Gasteiger partial charge in [0.05, 0.1) is 11.5 Å². The van der Waals surface area contributed by atoms with Crippen LogP contribution >= 0.6 is 11.6 Å². The van der Waals surface area contributed by atoms with E-state index in [0.29, 0.717) is 18.0 Å². The van der Waals surface area contributed by atoms with Gasteiger partial charge in [0, 0.05) is 11.6 Å². The number of nitrogens with zero attached hydrogens (tertiary/aromatic N) is 1. The van der Waals surface area contributed by atoms with Crippen LogP contribution in [0.3, 0.4) is 0 Å². The van der Waals surface area contributed by atoms with E-state index >= 15 is 0 Å². The SMILES string of the molecule is CN1CCC(CNS(=O)(=O)c2ccc(CO)c(Cl)c2)CC1. The molecule has 1 aromatic carbocycles. The summed E-state index contributed by atoms with van der Waals surface area (Å²) in [6.07, 6.45) is 2.01. The van der Waals surface area contributed by atoms with Crippen LogP contribution in [0.25, 0.3) is 0 Å². The van der Waals surface area contributed by atoms with Crippen molar-refractivity contribution in [3.8, 4) is 0 Å². The number of aliphatic hydroxyl groups excluding tert-OH is 1. The molecule has 0 aliphatic carbocycles. The lowest BCUT2D eigenvalue weighted by molar-refractivity contribution is 0.220. The molecule has 0 spiro atoms. The highest BCUT2D eigenvalue weighted by Crippen LogP contribution is 2.21. The predicted molar refractivity (Wildman–Crippen MR) is 82.8 cm³/mol. The maximum atomic E-state index is 12.2. The van der Waals surface area contributed by atoms with Crippen LogP contribution in [-0.4, -0.2) is 45.1 Å². The van der Waals surface area contributed by atoms with Crippen LogP contribution in [0.4, 0.5) is 0 Å². The first-order valence-electron chi connectivity index (χ1n) is 7.00. The number of likely N-dealkylation sites (tertiary alicyclic amines) is 1. The Morgan fingerprint density at radius 3 is 2.62 bits per heavy atom. The monoisotopic (exact) mass is 332 g/mol. The molecule has 7 heteroatoms. The molecule has 21 heavy (non-hydrogen) atoms. The van der Waals surface area contributed by atoms with Crippen LogP contribution in [0.5, 0.6) is 0 Å². The topological polar surface area (TPSA) is 69.6 Å². The van der Waals surface area contributed by atoms with Crippen molar-refractivity contribution in [2.75, 3.05) is 26.7 Å². The molecule has 1 aliphatic rings. The highest BCUT2D eigenvalue weighted by Gasteiger charge is 2.21. The zero-order valence-electron chi connectivity index (χ0n) is 12.0. The van der Waals surface area contributed by atoms with Crippen LogP contribution in [0, 0.1) is 5.92 Å². The number of halogens is 1. The third-order valence-corrected chi connectivity index (χ3v) is 5.68. The Kier molecular flexibility index (Phi) is 5.62. The fourth-order valence-electron chi connectivity index (χ4n) is 2.40. The van der Waals surface area contributed by atoms with E-state index in [4.69, 9.17) is 16.7 Å². The molecule has 0 radical (unpaired) electrons. The van der Waals surface area contributed by atoms with Crippen LogP contribution in [0.15, 0.2) is 23.1 Å². The minimum absolute atomic E-state index is 0.137. The third kappa shape index (κ3) is 4.40. The van der Waals surface area contributed by atoms with Gasteiger partial charge in [-0.25, -0.2) is 13.1 Å². The average molecular weight is 333 g/mol. The van der Waals surface area contributed by atoms with Crippen molar-refractivity contribution < 1.29 is 13.5 Å². The summed E-state index contributed by atoms with van der Waals surface area (Å²) in [5.41, 5.74) is 0.519. The van der Waals surface area contributed by atoms with Gasteiger partial charge in [-0.05, 0) is 56.6 Å². The number of nitrogens with one attached hydrogen (secondary N) is 1. The van der Waals surface area contributed by atoms with E-state index in [-0.39, 0.29) is 16.5 Å². The quantitative estimate of drug-likeness (QED) is 0.856. The van der Waals surface area contributed by atoms with Gasteiger partial charge in [-0.3, -0.25) is 0 Å². The van der Waals surface area contributed by atoms with Gasteiger partial charge in [-0.15, -0.1) is 0 Å². The third-order valence-electron chi connectivity index (χ3n) is 3.91. The Hall–Kier alpha value is -0.660. The predicted octanol–water partition coefficient (Wildman–Crippen LogP) is 1.45. The van der Waals surface area contributed by atoms with Gasteiger partial charge < -0.3 is 10.0 Å². The van der Waals surface area contributed by atoms with Crippen molar-refractivity contribution in [3.63, 3.8) is 0 Å². The summed E-state index contributed by atoms with van der Waals surface area (Å²) in [6.45, 7) is 2.25. The van der Waals surface area contributed by atoms with Gasteiger partial charge in [-0.2, -0.15) is 0 Å². The molecule has 0 aromatic heterocycles. The summed E-state index contributed by atoms with van der Waals surface area (Å²) in [7, 11) is -1.48. The van der Waals surface area contributed by atoms with E-state index in [1.165, 1.54) is 18.2 Å². The molecule has 0 amide bonds. The van der Waals surface area contributed by atoms with Crippen LogP contribution < -0.4 is 4.72 Å². The van der Waals surface area contributed by atoms with Crippen LogP contribution in [-0.2, 0) is 16.6 Å².